The van der Waals surface area contributed by atoms with Crippen LogP contribution in [0.5, 0.6) is 5.75 Å². The van der Waals surface area contributed by atoms with Gasteiger partial charge in [-0.2, -0.15) is 0 Å². The summed E-state index contributed by atoms with van der Waals surface area (Å²) in [6.07, 6.45) is 0.485. The largest absolute Gasteiger partial charge is 0.494 e. The van der Waals surface area contributed by atoms with Crippen molar-refractivity contribution < 1.29 is 37.4 Å². The number of hydrogen-bond acceptors (Lipinski definition) is 6. The molecule has 1 atom stereocenters. The van der Waals surface area contributed by atoms with Crippen molar-refractivity contribution in [3.8, 4) is 5.75 Å². The highest BCUT2D eigenvalue weighted by Gasteiger charge is 2.37. The molecule has 0 N–H and O–H groups in total. The van der Waals surface area contributed by atoms with Crippen LogP contribution in [0.2, 0.25) is 0 Å². The first kappa shape index (κ1) is 28.9. The lowest BCUT2D eigenvalue weighted by atomic mass is 10.1. The fraction of sp³-hybridized carbons (Fsp3) is 0.464. The molecule has 206 valence electrons. The molecule has 0 saturated heterocycles. The molecule has 0 fully saturated rings. The molecule has 3 rings (SSSR count). The molecule has 2 aromatic rings. The van der Waals surface area contributed by atoms with Gasteiger partial charge in [0.1, 0.15) is 29.0 Å². The number of benzene rings is 2. The fourth-order valence-corrected chi connectivity index (χ4v) is 4.15. The van der Waals surface area contributed by atoms with Crippen LogP contribution < -0.4 is 9.64 Å². The SMILES string of the molecule is COC(=O)C[C@H](C(=O)N1CCc2cc(OCCCc3ccc(F)cc3F)ccc21)N(C)C(=O)OC(C)(C)C. The van der Waals surface area contributed by atoms with Gasteiger partial charge in [0.15, 0.2) is 0 Å². The third-order valence-electron chi connectivity index (χ3n) is 6.11. The Morgan fingerprint density at radius 1 is 1.11 bits per heavy atom. The predicted octanol–water partition coefficient (Wildman–Crippen LogP) is 4.66. The van der Waals surface area contributed by atoms with Gasteiger partial charge in [0.05, 0.1) is 20.1 Å². The quantitative estimate of drug-likeness (QED) is 0.345. The zero-order chi connectivity index (χ0) is 28.0. The van der Waals surface area contributed by atoms with E-state index in [0.29, 0.717) is 49.4 Å². The fourth-order valence-electron chi connectivity index (χ4n) is 4.15. The number of likely N-dealkylation sites (N-methyl/N-ethyl adjacent to an activating group) is 1. The molecule has 0 aromatic heterocycles. The summed E-state index contributed by atoms with van der Waals surface area (Å²) in [7, 11) is 2.64. The van der Waals surface area contributed by atoms with E-state index in [-0.39, 0.29) is 6.42 Å². The van der Waals surface area contributed by atoms with Gasteiger partial charge < -0.3 is 19.1 Å². The number of nitrogens with zero attached hydrogens (tertiary/aromatic N) is 2. The Bertz CT molecular complexity index is 1180. The van der Waals surface area contributed by atoms with Gasteiger partial charge in [-0.3, -0.25) is 14.5 Å². The summed E-state index contributed by atoms with van der Waals surface area (Å²) in [4.78, 5) is 40.9. The maximum atomic E-state index is 13.8. The normalized spacial score (nSPS) is 13.5. The summed E-state index contributed by atoms with van der Waals surface area (Å²) >= 11 is 0. The summed E-state index contributed by atoms with van der Waals surface area (Å²) in [5.41, 5.74) is 1.21. The Kier molecular flexibility index (Phi) is 9.30. The van der Waals surface area contributed by atoms with Crippen LogP contribution in [0.4, 0.5) is 19.3 Å². The number of esters is 1. The van der Waals surface area contributed by atoms with Crippen LogP contribution >= 0.6 is 0 Å². The Labute approximate surface area is 221 Å². The number of methoxy groups -OCH3 is 1. The predicted molar refractivity (Wildman–Crippen MR) is 137 cm³/mol. The van der Waals surface area contributed by atoms with E-state index in [1.807, 2.05) is 6.07 Å². The van der Waals surface area contributed by atoms with E-state index in [1.54, 1.807) is 37.8 Å². The second kappa shape index (κ2) is 12.2. The van der Waals surface area contributed by atoms with E-state index in [9.17, 15) is 23.2 Å². The van der Waals surface area contributed by atoms with Crippen LogP contribution in [0.25, 0.3) is 0 Å². The summed E-state index contributed by atoms with van der Waals surface area (Å²) in [5, 5.41) is 0. The third kappa shape index (κ3) is 7.43. The maximum Gasteiger partial charge on any atom is 0.410 e. The first-order valence-electron chi connectivity index (χ1n) is 12.4. The number of carbonyl (C=O) groups is 3. The molecule has 1 aliphatic heterocycles. The number of aryl methyl sites for hydroxylation is 1. The Balaban J connectivity index is 1.66. The third-order valence-corrected chi connectivity index (χ3v) is 6.11. The average Bonchev–Trinajstić information content (AvgIpc) is 3.27. The van der Waals surface area contributed by atoms with Gasteiger partial charge in [-0.1, -0.05) is 6.07 Å². The lowest BCUT2D eigenvalue weighted by molar-refractivity contribution is -0.144. The zero-order valence-electron chi connectivity index (χ0n) is 22.4. The second-order valence-electron chi connectivity index (χ2n) is 10.1. The molecule has 1 heterocycles. The Hall–Kier alpha value is -3.69. The van der Waals surface area contributed by atoms with Crippen LogP contribution in [0.3, 0.4) is 0 Å². The van der Waals surface area contributed by atoms with Crippen molar-refractivity contribution in [2.75, 3.05) is 32.2 Å². The van der Waals surface area contributed by atoms with E-state index < -0.39 is 41.2 Å². The number of fused-ring (bicyclic) bond motifs is 1. The van der Waals surface area contributed by atoms with Crippen LogP contribution in [0.1, 0.15) is 44.7 Å². The summed E-state index contributed by atoms with van der Waals surface area (Å²) in [6, 6.07) is 7.76. The van der Waals surface area contributed by atoms with Crippen LogP contribution in [-0.4, -0.2) is 61.8 Å². The molecule has 0 spiro atoms. The first-order chi connectivity index (χ1) is 17.9. The molecule has 10 heteroatoms. The topological polar surface area (TPSA) is 85.4 Å². The summed E-state index contributed by atoms with van der Waals surface area (Å²) in [6.45, 7) is 5.86. The number of rotatable bonds is 9. The number of hydrogen-bond donors (Lipinski definition) is 0. The van der Waals surface area contributed by atoms with Crippen molar-refractivity contribution in [3.63, 3.8) is 0 Å². The highest BCUT2D eigenvalue weighted by Crippen LogP contribution is 2.33. The highest BCUT2D eigenvalue weighted by molar-refractivity contribution is 6.02. The molecule has 0 unspecified atom stereocenters. The lowest BCUT2D eigenvalue weighted by Crippen LogP contribution is -2.51. The highest BCUT2D eigenvalue weighted by atomic mass is 19.1. The monoisotopic (exact) mass is 532 g/mol. The number of anilines is 1. The molecule has 8 nitrogen and oxygen atoms in total. The van der Waals surface area contributed by atoms with Gasteiger partial charge in [0, 0.05) is 25.3 Å². The van der Waals surface area contributed by atoms with E-state index in [2.05, 4.69) is 0 Å². The molecule has 0 radical (unpaired) electrons. The molecule has 38 heavy (non-hydrogen) atoms. The van der Waals surface area contributed by atoms with Crippen LogP contribution in [-0.2, 0) is 31.9 Å². The van der Waals surface area contributed by atoms with E-state index in [4.69, 9.17) is 14.2 Å². The van der Waals surface area contributed by atoms with Gasteiger partial charge in [0.2, 0.25) is 0 Å². The van der Waals surface area contributed by atoms with Gasteiger partial charge in [-0.05, 0) is 75.4 Å². The van der Waals surface area contributed by atoms with Gasteiger partial charge >= 0.3 is 12.1 Å². The van der Waals surface area contributed by atoms with E-state index >= 15 is 0 Å². The summed E-state index contributed by atoms with van der Waals surface area (Å²) in [5.74, 6) is -1.62. The smallest absolute Gasteiger partial charge is 0.410 e. The average molecular weight is 533 g/mol. The molecule has 2 amide bonds. The van der Waals surface area contributed by atoms with Gasteiger partial charge in [-0.25, -0.2) is 13.6 Å². The second-order valence-corrected chi connectivity index (χ2v) is 10.1. The Morgan fingerprint density at radius 2 is 1.84 bits per heavy atom. The molecular formula is C28H34F2N2O6. The first-order valence-corrected chi connectivity index (χ1v) is 12.4. The summed E-state index contributed by atoms with van der Waals surface area (Å²) < 4.78 is 42.8. The van der Waals surface area contributed by atoms with E-state index in [0.717, 1.165) is 16.5 Å². The number of halogens is 2. The minimum Gasteiger partial charge on any atom is -0.494 e. The van der Waals surface area contributed by atoms with Crippen molar-refractivity contribution >= 4 is 23.7 Å². The molecule has 0 bridgehead atoms. The Morgan fingerprint density at radius 3 is 2.50 bits per heavy atom. The van der Waals surface area contributed by atoms with Crippen molar-refractivity contribution in [1.82, 2.24) is 4.90 Å². The van der Waals surface area contributed by atoms with E-state index in [1.165, 1.54) is 26.3 Å². The maximum absolute atomic E-state index is 13.8. The van der Waals surface area contributed by atoms with Crippen LogP contribution in [0.15, 0.2) is 36.4 Å². The van der Waals surface area contributed by atoms with Crippen molar-refractivity contribution in [1.29, 1.82) is 0 Å². The molecular weight excluding hydrogens is 498 g/mol. The van der Waals surface area contributed by atoms with Crippen LogP contribution in [0, 0.1) is 11.6 Å². The molecule has 0 aliphatic carbocycles. The minimum absolute atomic E-state index is 0.313. The van der Waals surface area contributed by atoms with Crippen molar-refractivity contribution in [2.45, 2.75) is 58.1 Å². The molecule has 0 saturated carbocycles. The van der Waals surface area contributed by atoms with Gasteiger partial charge in [0.25, 0.3) is 5.91 Å². The van der Waals surface area contributed by atoms with Gasteiger partial charge in [-0.15, -0.1) is 0 Å². The van der Waals surface area contributed by atoms with Crippen molar-refractivity contribution in [2.24, 2.45) is 0 Å². The molecule has 1 aliphatic rings. The molecule has 2 aromatic carbocycles. The lowest BCUT2D eigenvalue weighted by Gasteiger charge is -2.32. The van der Waals surface area contributed by atoms with Crippen molar-refractivity contribution in [3.05, 3.63) is 59.2 Å². The standard InChI is InChI=1S/C28H34F2N2O6/c1-28(2,3)38-27(35)31(4)24(17-25(33)36-5)26(34)32-13-12-19-15-21(10-11-23(19)32)37-14-6-7-18-8-9-20(29)16-22(18)30/h8-11,15-16,24H,6-7,12-14,17H2,1-5H3/t24-/m1/s1. The number of amides is 2. The zero-order valence-corrected chi connectivity index (χ0v) is 22.4. The number of carbonyl (C=O) groups excluding carboxylic acids is 3. The minimum atomic E-state index is -1.11. The number of ether oxygens (including phenoxy) is 3.